The number of nitrogens with zero attached hydrogens (tertiary/aromatic N) is 2. The number of carboxylic acids is 1. The van der Waals surface area contributed by atoms with E-state index in [9.17, 15) is 14.7 Å². The third-order valence-electron chi connectivity index (χ3n) is 4.48. The summed E-state index contributed by atoms with van der Waals surface area (Å²) in [5.74, 6) is -1.27. The number of carbonyl (C=O) groups is 2. The van der Waals surface area contributed by atoms with Gasteiger partial charge in [-0.3, -0.25) is 4.79 Å². The van der Waals surface area contributed by atoms with Crippen molar-refractivity contribution in [3.8, 4) is 0 Å². The molecule has 2 amide bonds. The van der Waals surface area contributed by atoms with E-state index in [0.717, 1.165) is 12.8 Å². The number of aliphatic carboxylic acids is 1. The molecule has 2 atom stereocenters. The number of carboxylic acid groups (broad SMARTS) is 1. The van der Waals surface area contributed by atoms with E-state index in [1.165, 1.54) is 0 Å². The minimum Gasteiger partial charge on any atom is -0.481 e. The number of likely N-dealkylation sites (tertiary alicyclic amines) is 1. The summed E-state index contributed by atoms with van der Waals surface area (Å²) in [6.07, 6.45) is 2.30. The molecule has 6 heteroatoms. The molecule has 122 valence electrons. The third-order valence-corrected chi connectivity index (χ3v) is 4.48. The fourth-order valence-electron chi connectivity index (χ4n) is 3.06. The van der Waals surface area contributed by atoms with Crippen molar-refractivity contribution in [3.63, 3.8) is 0 Å². The molecule has 1 fully saturated rings. The molecule has 1 heterocycles. The van der Waals surface area contributed by atoms with Crippen molar-refractivity contribution < 1.29 is 19.4 Å². The Hall–Kier alpha value is -1.30. The number of hydrogen-bond acceptors (Lipinski definition) is 3. The highest BCUT2D eigenvalue weighted by atomic mass is 16.5. The predicted octanol–water partition coefficient (Wildman–Crippen LogP) is 2.04. The van der Waals surface area contributed by atoms with Gasteiger partial charge in [-0.2, -0.15) is 0 Å². The van der Waals surface area contributed by atoms with Gasteiger partial charge in [0.05, 0.1) is 12.5 Å². The standard InChI is InChI=1S/C15H28N2O4/c1-5-12(6-2)17(9-10-21-4)15(20)16-8-7-13(11(16)3)14(18)19/h11-13H,5-10H2,1-4H3,(H,18,19). The van der Waals surface area contributed by atoms with E-state index >= 15 is 0 Å². The van der Waals surface area contributed by atoms with E-state index in [-0.39, 0.29) is 18.1 Å². The molecular formula is C15H28N2O4. The molecule has 1 aliphatic rings. The third kappa shape index (κ3) is 4.09. The van der Waals surface area contributed by atoms with E-state index in [2.05, 4.69) is 13.8 Å². The Labute approximate surface area is 127 Å². The van der Waals surface area contributed by atoms with Crippen LogP contribution in [-0.4, -0.2) is 65.8 Å². The van der Waals surface area contributed by atoms with Crippen molar-refractivity contribution in [3.05, 3.63) is 0 Å². The highest BCUT2D eigenvalue weighted by Crippen LogP contribution is 2.26. The van der Waals surface area contributed by atoms with Gasteiger partial charge >= 0.3 is 12.0 Å². The molecule has 21 heavy (non-hydrogen) atoms. The van der Waals surface area contributed by atoms with Crippen molar-refractivity contribution in [1.29, 1.82) is 0 Å². The lowest BCUT2D eigenvalue weighted by Crippen LogP contribution is -2.51. The zero-order valence-corrected chi connectivity index (χ0v) is 13.5. The average molecular weight is 300 g/mol. The lowest BCUT2D eigenvalue weighted by molar-refractivity contribution is -0.142. The Morgan fingerprint density at radius 1 is 1.38 bits per heavy atom. The average Bonchev–Trinajstić information content (AvgIpc) is 2.84. The Kier molecular flexibility index (Phi) is 6.95. The van der Waals surface area contributed by atoms with E-state index in [0.29, 0.717) is 26.1 Å². The summed E-state index contributed by atoms with van der Waals surface area (Å²) in [5, 5.41) is 9.19. The zero-order chi connectivity index (χ0) is 16.0. The van der Waals surface area contributed by atoms with E-state index in [1.54, 1.807) is 12.0 Å². The van der Waals surface area contributed by atoms with Crippen LogP contribution in [0.1, 0.15) is 40.0 Å². The summed E-state index contributed by atoms with van der Waals surface area (Å²) in [6, 6.07) is -0.143. The summed E-state index contributed by atoms with van der Waals surface area (Å²) in [7, 11) is 1.62. The maximum absolute atomic E-state index is 12.8. The van der Waals surface area contributed by atoms with Gasteiger partial charge in [-0.25, -0.2) is 4.79 Å². The van der Waals surface area contributed by atoms with Crippen molar-refractivity contribution in [2.75, 3.05) is 26.8 Å². The lowest BCUT2D eigenvalue weighted by atomic mass is 10.0. The number of methoxy groups -OCH3 is 1. The van der Waals surface area contributed by atoms with Crippen molar-refractivity contribution >= 4 is 12.0 Å². The Morgan fingerprint density at radius 3 is 2.43 bits per heavy atom. The first-order valence-corrected chi connectivity index (χ1v) is 7.76. The molecule has 0 aromatic carbocycles. The largest absolute Gasteiger partial charge is 0.481 e. The van der Waals surface area contributed by atoms with Crippen LogP contribution in [0.5, 0.6) is 0 Å². The van der Waals surface area contributed by atoms with Gasteiger partial charge < -0.3 is 19.6 Å². The Morgan fingerprint density at radius 2 is 2.00 bits per heavy atom. The second kappa shape index (κ2) is 8.22. The van der Waals surface area contributed by atoms with Crippen LogP contribution in [0.15, 0.2) is 0 Å². The summed E-state index contributed by atoms with van der Waals surface area (Å²) in [4.78, 5) is 27.5. The molecule has 0 spiro atoms. The zero-order valence-electron chi connectivity index (χ0n) is 13.5. The molecule has 1 rings (SSSR count). The molecule has 0 radical (unpaired) electrons. The van der Waals surface area contributed by atoms with Crippen LogP contribution in [-0.2, 0) is 9.53 Å². The van der Waals surface area contributed by atoms with Gasteiger partial charge in [-0.1, -0.05) is 13.8 Å². The molecule has 0 saturated carbocycles. The molecule has 1 saturated heterocycles. The maximum Gasteiger partial charge on any atom is 0.320 e. The molecular weight excluding hydrogens is 272 g/mol. The minimum absolute atomic E-state index is 0.0583. The predicted molar refractivity (Wildman–Crippen MR) is 80.3 cm³/mol. The molecule has 0 aliphatic carbocycles. The highest BCUT2D eigenvalue weighted by Gasteiger charge is 2.40. The molecule has 6 nitrogen and oxygen atoms in total. The van der Waals surface area contributed by atoms with Gasteiger partial charge in [-0.05, 0) is 26.2 Å². The topological polar surface area (TPSA) is 70.1 Å². The summed E-state index contributed by atoms with van der Waals surface area (Å²) >= 11 is 0. The van der Waals surface area contributed by atoms with Gasteiger partial charge in [0.15, 0.2) is 0 Å². The number of rotatable bonds is 7. The number of amides is 2. The smallest absolute Gasteiger partial charge is 0.320 e. The van der Waals surface area contributed by atoms with Crippen LogP contribution in [0.25, 0.3) is 0 Å². The quantitative estimate of drug-likeness (QED) is 0.781. The first-order chi connectivity index (χ1) is 9.97. The van der Waals surface area contributed by atoms with Crippen LogP contribution >= 0.6 is 0 Å². The van der Waals surface area contributed by atoms with Gasteiger partial charge in [0.1, 0.15) is 0 Å². The second-order valence-corrected chi connectivity index (χ2v) is 5.61. The first kappa shape index (κ1) is 17.8. The van der Waals surface area contributed by atoms with Crippen molar-refractivity contribution in [1.82, 2.24) is 9.80 Å². The molecule has 1 N–H and O–H groups in total. The van der Waals surface area contributed by atoms with Crippen LogP contribution in [0.4, 0.5) is 4.79 Å². The van der Waals surface area contributed by atoms with Crippen molar-refractivity contribution in [2.24, 2.45) is 5.92 Å². The van der Waals surface area contributed by atoms with Gasteiger partial charge in [-0.15, -0.1) is 0 Å². The Bertz CT molecular complexity index is 358. The molecule has 1 aliphatic heterocycles. The number of carbonyl (C=O) groups excluding carboxylic acids is 1. The van der Waals surface area contributed by atoms with Crippen LogP contribution in [0.3, 0.4) is 0 Å². The number of hydrogen-bond donors (Lipinski definition) is 1. The van der Waals surface area contributed by atoms with Gasteiger partial charge in [0, 0.05) is 32.3 Å². The summed E-state index contributed by atoms with van der Waals surface area (Å²) < 4.78 is 5.10. The molecule has 2 unspecified atom stereocenters. The van der Waals surface area contributed by atoms with E-state index in [1.807, 2.05) is 11.8 Å². The lowest BCUT2D eigenvalue weighted by Gasteiger charge is -2.35. The second-order valence-electron chi connectivity index (χ2n) is 5.61. The maximum atomic E-state index is 12.8. The minimum atomic E-state index is -0.816. The molecule has 0 bridgehead atoms. The number of ether oxygens (including phenoxy) is 1. The van der Waals surface area contributed by atoms with Crippen LogP contribution in [0.2, 0.25) is 0 Å². The van der Waals surface area contributed by atoms with Gasteiger partial charge in [0.2, 0.25) is 0 Å². The van der Waals surface area contributed by atoms with E-state index < -0.39 is 11.9 Å². The monoisotopic (exact) mass is 300 g/mol. The molecule has 0 aromatic rings. The highest BCUT2D eigenvalue weighted by molar-refractivity contribution is 5.78. The van der Waals surface area contributed by atoms with Crippen LogP contribution < -0.4 is 0 Å². The van der Waals surface area contributed by atoms with Gasteiger partial charge in [0.25, 0.3) is 0 Å². The first-order valence-electron chi connectivity index (χ1n) is 7.76. The van der Waals surface area contributed by atoms with Crippen molar-refractivity contribution in [2.45, 2.75) is 52.1 Å². The normalized spacial score (nSPS) is 21.9. The summed E-state index contributed by atoms with van der Waals surface area (Å²) in [5.41, 5.74) is 0. The SMILES string of the molecule is CCC(CC)N(CCOC)C(=O)N1CCC(C(=O)O)C1C. The number of urea groups is 1. The molecule has 0 aromatic heterocycles. The fourth-order valence-corrected chi connectivity index (χ4v) is 3.06. The Balaban J connectivity index is 2.82. The fraction of sp³-hybridized carbons (Fsp3) is 0.867. The van der Waals surface area contributed by atoms with Crippen LogP contribution in [0, 0.1) is 5.92 Å². The summed E-state index contributed by atoms with van der Waals surface area (Å²) in [6.45, 7) is 7.50. The van der Waals surface area contributed by atoms with E-state index in [4.69, 9.17) is 4.74 Å².